The third kappa shape index (κ3) is 3.70. The molecule has 10 heteroatoms. The molecular weight excluding hydrogens is 481 g/mol. The van der Waals surface area contributed by atoms with Gasteiger partial charge < -0.3 is 23.9 Å². The van der Waals surface area contributed by atoms with Crippen molar-refractivity contribution in [3.05, 3.63) is 63.2 Å². The zero-order chi connectivity index (χ0) is 24.4. The first kappa shape index (κ1) is 21.9. The lowest BCUT2D eigenvalue weighted by atomic mass is 9.38. The minimum atomic E-state index is -0.610. The van der Waals surface area contributed by atoms with E-state index in [1.807, 2.05) is 0 Å². The Bertz CT molecular complexity index is 1450. The average molecular weight is 500 g/mol. The van der Waals surface area contributed by atoms with Crippen LogP contribution in [0.15, 0.2) is 45.6 Å². The minimum absolute atomic E-state index is 0.0140. The van der Waals surface area contributed by atoms with E-state index in [4.69, 9.17) is 30.2 Å². The monoisotopic (exact) mass is 499 g/mol. The molecule has 3 aliphatic carbocycles. The molecule has 3 aromatic rings. The lowest BCUT2D eigenvalue weighted by Crippen LogP contribution is -2.75. The third-order valence-corrected chi connectivity index (χ3v) is 7.15. The van der Waals surface area contributed by atoms with Gasteiger partial charge in [-0.3, -0.25) is 14.4 Å². The number of carbonyl (C=O) groups is 2. The SMILES string of the molecule is O=C(COc1ccc(Cl)c(F)c1)CC12CC(NC(=O)c3cc(=O)c4ccc5c(c4o3)OCO5)(C1)C2. The van der Waals surface area contributed by atoms with Crippen LogP contribution in [0, 0.1) is 11.2 Å². The highest BCUT2D eigenvalue weighted by molar-refractivity contribution is 6.30. The van der Waals surface area contributed by atoms with Crippen LogP contribution >= 0.6 is 11.6 Å². The maximum Gasteiger partial charge on any atom is 0.287 e. The van der Waals surface area contributed by atoms with Gasteiger partial charge in [0, 0.05) is 24.1 Å². The van der Waals surface area contributed by atoms with E-state index < -0.39 is 17.3 Å². The van der Waals surface area contributed by atoms with Crippen LogP contribution in [-0.4, -0.2) is 30.6 Å². The number of Topliss-reactive ketones (excluding diaryl/α,β-unsaturated/α-hetero) is 1. The molecule has 2 bridgehead atoms. The number of rotatable bonds is 7. The van der Waals surface area contributed by atoms with Crippen LogP contribution in [0.25, 0.3) is 11.0 Å². The van der Waals surface area contributed by atoms with E-state index in [1.54, 1.807) is 12.1 Å². The second-order valence-corrected chi connectivity index (χ2v) is 9.90. The van der Waals surface area contributed by atoms with E-state index in [-0.39, 0.29) is 52.1 Å². The molecule has 1 aliphatic heterocycles. The van der Waals surface area contributed by atoms with Crippen molar-refractivity contribution in [2.75, 3.05) is 13.4 Å². The van der Waals surface area contributed by atoms with Crippen LogP contribution in [0.4, 0.5) is 4.39 Å². The predicted molar refractivity (Wildman–Crippen MR) is 122 cm³/mol. The second kappa shape index (κ2) is 7.71. The number of hydrogen-bond donors (Lipinski definition) is 1. The van der Waals surface area contributed by atoms with Crippen LogP contribution in [0.1, 0.15) is 36.2 Å². The van der Waals surface area contributed by atoms with Gasteiger partial charge in [0.05, 0.1) is 10.4 Å². The van der Waals surface area contributed by atoms with Crippen LogP contribution < -0.4 is 25.0 Å². The van der Waals surface area contributed by atoms with Crippen molar-refractivity contribution >= 4 is 34.3 Å². The van der Waals surface area contributed by atoms with Crippen molar-refractivity contribution in [2.24, 2.45) is 5.41 Å². The summed E-state index contributed by atoms with van der Waals surface area (Å²) in [5.41, 5.74) is -0.758. The Kier molecular flexibility index (Phi) is 4.83. The Morgan fingerprint density at radius 2 is 1.91 bits per heavy atom. The number of amides is 1. The molecule has 1 N–H and O–H groups in total. The molecule has 0 saturated heterocycles. The summed E-state index contributed by atoms with van der Waals surface area (Å²) >= 11 is 5.65. The van der Waals surface area contributed by atoms with Crippen molar-refractivity contribution in [3.8, 4) is 17.2 Å². The molecule has 0 atom stereocenters. The number of hydrogen-bond acceptors (Lipinski definition) is 7. The number of nitrogens with one attached hydrogen (secondary N) is 1. The molecule has 1 amide bonds. The topological polar surface area (TPSA) is 104 Å². The van der Waals surface area contributed by atoms with Gasteiger partial charge in [-0.1, -0.05) is 11.6 Å². The molecule has 0 unspecified atom stereocenters. The van der Waals surface area contributed by atoms with E-state index in [2.05, 4.69) is 5.32 Å². The molecule has 3 saturated carbocycles. The fourth-order valence-electron chi connectivity index (χ4n) is 5.51. The van der Waals surface area contributed by atoms with Gasteiger partial charge in [0.25, 0.3) is 5.91 Å². The Morgan fingerprint density at radius 3 is 2.69 bits per heavy atom. The lowest BCUT2D eigenvalue weighted by molar-refractivity contribution is -0.162. The zero-order valence-corrected chi connectivity index (χ0v) is 19.1. The molecule has 35 heavy (non-hydrogen) atoms. The van der Waals surface area contributed by atoms with Crippen LogP contribution in [0.3, 0.4) is 0 Å². The van der Waals surface area contributed by atoms with E-state index in [0.717, 1.165) is 6.07 Å². The average Bonchev–Trinajstić information content (AvgIpc) is 3.27. The number of ether oxygens (including phenoxy) is 3. The standard InChI is InChI=1S/C25H19ClFNO7/c26-16-3-1-14(5-17(16)27)32-8-13(29)7-24-9-25(10-24,11-24)28-23(31)20-6-18(30)15-2-4-19-22(21(15)35-20)34-12-33-19/h1-6H,7-12H2,(H,28,31). The van der Waals surface area contributed by atoms with Crippen molar-refractivity contribution in [3.63, 3.8) is 0 Å². The third-order valence-electron chi connectivity index (χ3n) is 6.84. The van der Waals surface area contributed by atoms with Gasteiger partial charge in [0.2, 0.25) is 12.5 Å². The van der Waals surface area contributed by atoms with Gasteiger partial charge in [-0.15, -0.1) is 0 Å². The number of ketones is 1. The van der Waals surface area contributed by atoms with Crippen molar-refractivity contribution in [2.45, 2.75) is 31.2 Å². The van der Waals surface area contributed by atoms with Crippen molar-refractivity contribution in [1.29, 1.82) is 0 Å². The summed E-state index contributed by atoms with van der Waals surface area (Å²) in [4.78, 5) is 37.8. The molecule has 8 nitrogen and oxygen atoms in total. The molecule has 7 rings (SSSR count). The molecule has 2 aromatic carbocycles. The fraction of sp³-hybridized carbons (Fsp3) is 0.320. The Hall–Kier alpha value is -3.59. The summed E-state index contributed by atoms with van der Waals surface area (Å²) < 4.78 is 35.3. The van der Waals surface area contributed by atoms with Crippen LogP contribution in [0.2, 0.25) is 5.02 Å². The normalized spacial score (nSPS) is 23.4. The summed E-state index contributed by atoms with van der Waals surface area (Å²) in [5, 5.41) is 3.25. The van der Waals surface area contributed by atoms with Gasteiger partial charge in [0.15, 0.2) is 28.3 Å². The summed E-state index contributed by atoms with van der Waals surface area (Å²) in [6, 6.07) is 8.38. The highest BCUT2D eigenvalue weighted by atomic mass is 35.5. The zero-order valence-electron chi connectivity index (χ0n) is 18.3. The van der Waals surface area contributed by atoms with Crippen LogP contribution in [-0.2, 0) is 4.79 Å². The smallest absolute Gasteiger partial charge is 0.287 e. The highest BCUT2D eigenvalue weighted by Gasteiger charge is 2.68. The quantitative estimate of drug-likeness (QED) is 0.524. The Morgan fingerprint density at radius 1 is 1.11 bits per heavy atom. The number of benzene rings is 2. The molecule has 4 aliphatic rings. The Labute approximate surface area is 202 Å². The van der Waals surface area contributed by atoms with E-state index >= 15 is 0 Å². The molecule has 180 valence electrons. The predicted octanol–water partition coefficient (Wildman–Crippen LogP) is 4.00. The van der Waals surface area contributed by atoms with Gasteiger partial charge in [-0.2, -0.15) is 0 Å². The number of fused-ring (bicyclic) bond motifs is 3. The first-order chi connectivity index (χ1) is 16.7. The highest BCUT2D eigenvalue weighted by Crippen LogP contribution is 2.69. The summed E-state index contributed by atoms with van der Waals surface area (Å²) in [5.74, 6) is -0.313. The first-order valence-corrected chi connectivity index (χ1v) is 11.4. The summed E-state index contributed by atoms with van der Waals surface area (Å²) in [7, 11) is 0. The minimum Gasteiger partial charge on any atom is -0.486 e. The first-order valence-electron chi connectivity index (χ1n) is 11.0. The second-order valence-electron chi connectivity index (χ2n) is 9.50. The fourth-order valence-corrected chi connectivity index (χ4v) is 5.63. The maximum atomic E-state index is 13.5. The van der Waals surface area contributed by atoms with E-state index in [1.165, 1.54) is 18.2 Å². The molecule has 3 fully saturated rings. The van der Waals surface area contributed by atoms with Gasteiger partial charge in [0.1, 0.15) is 18.2 Å². The molecule has 1 aromatic heterocycles. The number of halogens is 2. The lowest BCUT2D eigenvalue weighted by Gasteiger charge is -2.70. The molecule has 2 heterocycles. The molecule has 0 radical (unpaired) electrons. The van der Waals surface area contributed by atoms with Crippen LogP contribution in [0.5, 0.6) is 17.2 Å². The molecular formula is C25H19ClFNO7. The van der Waals surface area contributed by atoms with Crippen molar-refractivity contribution in [1.82, 2.24) is 5.32 Å². The van der Waals surface area contributed by atoms with Gasteiger partial charge in [-0.05, 0) is 48.9 Å². The largest absolute Gasteiger partial charge is 0.486 e. The van der Waals surface area contributed by atoms with E-state index in [0.29, 0.717) is 42.6 Å². The summed E-state index contributed by atoms with van der Waals surface area (Å²) in [6.07, 6.45) is 2.26. The van der Waals surface area contributed by atoms with Gasteiger partial charge in [-0.25, -0.2) is 4.39 Å². The Balaban J connectivity index is 1.07. The van der Waals surface area contributed by atoms with Gasteiger partial charge >= 0.3 is 0 Å². The maximum absolute atomic E-state index is 13.5. The summed E-state index contributed by atoms with van der Waals surface area (Å²) in [6.45, 7) is -0.152. The molecule has 0 spiro atoms. The van der Waals surface area contributed by atoms with Crippen molar-refractivity contribution < 1.29 is 32.6 Å². The van der Waals surface area contributed by atoms with E-state index in [9.17, 15) is 18.8 Å². The number of carbonyl (C=O) groups excluding carboxylic acids is 2.